The molecule has 0 aliphatic heterocycles. The molecule has 0 radical (unpaired) electrons. The van der Waals surface area contributed by atoms with Crippen molar-refractivity contribution in [3.8, 4) is 0 Å². The second kappa shape index (κ2) is 13.0. The molecule has 0 bridgehead atoms. The minimum atomic E-state index is -4.49. The van der Waals surface area contributed by atoms with Crippen molar-refractivity contribution < 1.29 is 17.2 Å². The molecule has 0 rings (SSSR count). The fourth-order valence-electron chi connectivity index (χ4n) is 1.52. The van der Waals surface area contributed by atoms with Crippen LogP contribution in [0.25, 0.3) is 0 Å². The van der Waals surface area contributed by atoms with Crippen molar-refractivity contribution in [3.05, 3.63) is 12.2 Å². The fourth-order valence-corrected chi connectivity index (χ4v) is 1.84. The molecule has 0 saturated heterocycles. The third kappa shape index (κ3) is 17.9. The van der Waals surface area contributed by atoms with E-state index in [2.05, 4.69) is 23.3 Å². The second-order valence-corrected chi connectivity index (χ2v) is 5.07. The molecule has 0 spiro atoms. The van der Waals surface area contributed by atoms with Gasteiger partial charge in [-0.25, -0.2) is 8.42 Å². The average Bonchev–Trinajstić information content (AvgIpc) is 2.24. The maximum atomic E-state index is 10.1. The highest BCUT2D eigenvalue weighted by atomic mass is 32.3. The van der Waals surface area contributed by atoms with Gasteiger partial charge in [-0.05, 0) is 25.7 Å². The molecule has 0 unspecified atom stereocenters. The van der Waals surface area contributed by atoms with E-state index in [1.807, 2.05) is 0 Å². The highest BCUT2D eigenvalue weighted by molar-refractivity contribution is 7.80. The Hall–Kier alpha value is -0.430. The highest BCUT2D eigenvalue weighted by Gasteiger charge is 1.95. The van der Waals surface area contributed by atoms with Gasteiger partial charge in [-0.1, -0.05) is 44.8 Å². The van der Waals surface area contributed by atoms with Crippen LogP contribution >= 0.6 is 0 Å². The maximum absolute atomic E-state index is 10.1. The second-order valence-electron chi connectivity index (χ2n) is 4.02. The van der Waals surface area contributed by atoms with E-state index in [4.69, 9.17) is 0 Å². The minimum Gasteiger partial charge on any atom is -0.726 e. The summed E-state index contributed by atoms with van der Waals surface area (Å²) in [6.45, 7) is 2.14. The summed E-state index contributed by atoms with van der Waals surface area (Å²) < 4.78 is 34.4. The number of hydrogen-bond donors (Lipinski definition) is 1. The maximum Gasteiger partial charge on any atom is 0.217 e. The van der Waals surface area contributed by atoms with Crippen molar-refractivity contribution in [2.45, 2.75) is 58.3 Å². The lowest BCUT2D eigenvalue weighted by molar-refractivity contribution is 0.255. The minimum absolute atomic E-state index is 0. The SMILES string of the molecule is CC/C=C/CCCCCCCCOS(=O)(=O)[O-].[NH4+]. The summed E-state index contributed by atoms with van der Waals surface area (Å²) in [5.41, 5.74) is 0. The normalized spacial score (nSPS) is 11.7. The van der Waals surface area contributed by atoms with E-state index < -0.39 is 10.4 Å². The molecule has 0 aromatic heterocycles. The van der Waals surface area contributed by atoms with Gasteiger partial charge in [-0.15, -0.1) is 0 Å². The van der Waals surface area contributed by atoms with E-state index in [-0.39, 0.29) is 12.8 Å². The van der Waals surface area contributed by atoms with Gasteiger partial charge in [-0.3, -0.25) is 4.18 Å². The van der Waals surface area contributed by atoms with Crippen LogP contribution in [0.4, 0.5) is 0 Å². The van der Waals surface area contributed by atoms with Crippen LogP contribution in [0.3, 0.4) is 0 Å². The predicted octanol–water partition coefficient (Wildman–Crippen LogP) is 3.54. The Morgan fingerprint density at radius 2 is 1.56 bits per heavy atom. The van der Waals surface area contributed by atoms with Crippen LogP contribution in [0.15, 0.2) is 12.2 Å². The van der Waals surface area contributed by atoms with Gasteiger partial charge in [0.25, 0.3) is 0 Å². The van der Waals surface area contributed by atoms with Crippen LogP contribution in [0.1, 0.15) is 58.3 Å². The van der Waals surface area contributed by atoms with E-state index in [9.17, 15) is 13.0 Å². The largest absolute Gasteiger partial charge is 0.726 e. The molecule has 18 heavy (non-hydrogen) atoms. The highest BCUT2D eigenvalue weighted by Crippen LogP contribution is 2.08. The topological polar surface area (TPSA) is 103 Å². The smallest absolute Gasteiger partial charge is 0.217 e. The quantitative estimate of drug-likeness (QED) is 0.271. The number of allylic oxidation sites excluding steroid dienone is 2. The van der Waals surface area contributed by atoms with Crippen LogP contribution in [0.5, 0.6) is 0 Å². The molecule has 6 heteroatoms. The Morgan fingerprint density at radius 3 is 2.11 bits per heavy atom. The summed E-state index contributed by atoms with van der Waals surface area (Å²) in [6.07, 6.45) is 12.8. The van der Waals surface area contributed by atoms with Gasteiger partial charge in [0.05, 0.1) is 6.61 Å². The van der Waals surface area contributed by atoms with Crippen LogP contribution in [0.2, 0.25) is 0 Å². The summed E-state index contributed by atoms with van der Waals surface area (Å²) >= 11 is 0. The van der Waals surface area contributed by atoms with Crippen molar-refractivity contribution in [1.82, 2.24) is 6.15 Å². The molecule has 4 N–H and O–H groups in total. The monoisotopic (exact) mass is 281 g/mol. The molecule has 0 amide bonds. The lowest BCUT2D eigenvalue weighted by Gasteiger charge is -2.06. The first-order valence-corrected chi connectivity index (χ1v) is 7.65. The van der Waals surface area contributed by atoms with E-state index in [1.165, 1.54) is 12.8 Å². The standard InChI is InChI=1S/C12H24O4S.H3N/c1-2-3-4-5-6-7-8-9-10-11-12-16-17(13,14)15;/h3-4H,2,5-12H2,1H3,(H,13,14,15);1H3/b4-3+;. The Bertz CT molecular complexity index is 288. The van der Waals surface area contributed by atoms with Gasteiger partial charge in [0.15, 0.2) is 0 Å². The Kier molecular flexibility index (Phi) is 14.4. The first-order valence-electron chi connectivity index (χ1n) is 6.31. The van der Waals surface area contributed by atoms with Gasteiger partial charge in [-0.2, -0.15) is 0 Å². The zero-order valence-corrected chi connectivity index (χ0v) is 12.4. The molecular weight excluding hydrogens is 254 g/mol. The van der Waals surface area contributed by atoms with Gasteiger partial charge in [0.2, 0.25) is 10.4 Å². The lowest BCUT2D eigenvalue weighted by atomic mass is 10.1. The van der Waals surface area contributed by atoms with Crippen molar-refractivity contribution >= 4 is 10.4 Å². The molecular formula is C12H27NO4S. The van der Waals surface area contributed by atoms with E-state index >= 15 is 0 Å². The van der Waals surface area contributed by atoms with Crippen LogP contribution in [-0.2, 0) is 14.6 Å². The lowest BCUT2D eigenvalue weighted by Crippen LogP contribution is -2.05. The molecule has 0 aliphatic rings. The number of unbranched alkanes of at least 4 members (excludes halogenated alkanes) is 6. The molecule has 0 fully saturated rings. The van der Waals surface area contributed by atoms with E-state index in [0.29, 0.717) is 6.42 Å². The fraction of sp³-hybridized carbons (Fsp3) is 0.833. The third-order valence-electron chi connectivity index (χ3n) is 2.40. The molecule has 0 heterocycles. The third-order valence-corrected chi connectivity index (χ3v) is 2.85. The molecule has 5 nitrogen and oxygen atoms in total. The number of rotatable bonds is 11. The molecule has 0 saturated carbocycles. The van der Waals surface area contributed by atoms with Crippen molar-refractivity contribution in [2.75, 3.05) is 6.61 Å². The van der Waals surface area contributed by atoms with Gasteiger partial charge < -0.3 is 10.7 Å². The number of quaternary nitrogens is 1. The van der Waals surface area contributed by atoms with Crippen LogP contribution in [-0.4, -0.2) is 19.6 Å². The first-order chi connectivity index (χ1) is 8.06. The van der Waals surface area contributed by atoms with Crippen LogP contribution < -0.4 is 6.15 Å². The van der Waals surface area contributed by atoms with Gasteiger partial charge in [0.1, 0.15) is 0 Å². The van der Waals surface area contributed by atoms with E-state index in [1.54, 1.807) is 0 Å². The van der Waals surface area contributed by atoms with Crippen molar-refractivity contribution in [3.63, 3.8) is 0 Å². The zero-order valence-electron chi connectivity index (χ0n) is 11.6. The Morgan fingerprint density at radius 1 is 1.00 bits per heavy atom. The average molecular weight is 281 g/mol. The Balaban J connectivity index is 0. The molecule has 110 valence electrons. The molecule has 0 aromatic rings. The van der Waals surface area contributed by atoms with Gasteiger partial charge >= 0.3 is 0 Å². The van der Waals surface area contributed by atoms with Crippen molar-refractivity contribution in [1.29, 1.82) is 0 Å². The summed E-state index contributed by atoms with van der Waals surface area (Å²) in [5, 5.41) is 0. The number of hydrogen-bond acceptors (Lipinski definition) is 4. The first kappa shape index (κ1) is 19.9. The summed E-state index contributed by atoms with van der Waals surface area (Å²) in [6, 6.07) is 0. The zero-order chi connectivity index (χ0) is 13.0. The summed E-state index contributed by atoms with van der Waals surface area (Å²) in [4.78, 5) is 0. The van der Waals surface area contributed by atoms with E-state index in [0.717, 1.165) is 32.1 Å². The predicted molar refractivity (Wildman–Crippen MR) is 73.4 cm³/mol. The van der Waals surface area contributed by atoms with Crippen molar-refractivity contribution in [2.24, 2.45) is 0 Å². The van der Waals surface area contributed by atoms with Crippen LogP contribution in [0, 0.1) is 0 Å². The Labute approximate surface area is 111 Å². The molecule has 0 atom stereocenters. The van der Waals surface area contributed by atoms with Gasteiger partial charge in [0, 0.05) is 0 Å². The molecule has 0 aliphatic carbocycles. The molecule has 0 aromatic carbocycles. The summed E-state index contributed by atoms with van der Waals surface area (Å²) in [7, 11) is -4.49. The summed E-state index contributed by atoms with van der Waals surface area (Å²) in [5.74, 6) is 0.